The zero-order valence-corrected chi connectivity index (χ0v) is 26.9. The first-order valence-electron chi connectivity index (χ1n) is 16.3. The van der Waals surface area contributed by atoms with Gasteiger partial charge in [0.15, 0.2) is 0 Å². The maximum absolute atomic E-state index is 13.6. The number of carbonyl (C=O) groups is 2. The summed E-state index contributed by atoms with van der Waals surface area (Å²) in [5, 5.41) is 7.71. The molecule has 6 aromatic carbocycles. The van der Waals surface area contributed by atoms with Crippen LogP contribution in [0, 0.1) is 0 Å². The number of nitrogens with one attached hydrogen (secondary N) is 2. The molecular formula is C44H30N4O2. The Morgan fingerprint density at radius 1 is 0.380 bits per heavy atom. The molecule has 2 heterocycles. The van der Waals surface area contributed by atoms with Crippen LogP contribution in [0.25, 0.3) is 55.4 Å². The van der Waals surface area contributed by atoms with Crippen LogP contribution in [0.4, 0.5) is 11.4 Å². The SMILES string of the molecule is O=C(Nc1ccc(-c2ccc(NC(=O)c3cc(-c4ccccc4)nc4ccccc34)cc2)cc1)c1cc(-c2ccccc2)nc2ccccc12. The third-order valence-corrected chi connectivity index (χ3v) is 8.68. The summed E-state index contributed by atoms with van der Waals surface area (Å²) in [7, 11) is 0. The molecule has 238 valence electrons. The Morgan fingerprint density at radius 3 is 1.14 bits per heavy atom. The van der Waals surface area contributed by atoms with Gasteiger partial charge in [-0.05, 0) is 59.7 Å². The first-order valence-corrected chi connectivity index (χ1v) is 16.3. The van der Waals surface area contributed by atoms with Crippen LogP contribution in [0.2, 0.25) is 0 Å². The Morgan fingerprint density at radius 2 is 0.740 bits per heavy atom. The highest BCUT2D eigenvalue weighted by atomic mass is 16.2. The fourth-order valence-electron chi connectivity index (χ4n) is 6.13. The Bertz CT molecular complexity index is 2320. The molecule has 6 nitrogen and oxygen atoms in total. The van der Waals surface area contributed by atoms with Gasteiger partial charge in [-0.2, -0.15) is 0 Å². The second-order valence-electron chi connectivity index (χ2n) is 11.9. The summed E-state index contributed by atoms with van der Waals surface area (Å²) >= 11 is 0. The number of amides is 2. The van der Waals surface area contributed by atoms with E-state index in [-0.39, 0.29) is 11.8 Å². The molecule has 2 aromatic heterocycles. The smallest absolute Gasteiger partial charge is 0.256 e. The zero-order chi connectivity index (χ0) is 33.9. The molecule has 0 saturated heterocycles. The van der Waals surface area contributed by atoms with Crippen molar-refractivity contribution in [2.75, 3.05) is 10.6 Å². The molecule has 0 aliphatic rings. The minimum atomic E-state index is -0.202. The van der Waals surface area contributed by atoms with Crippen LogP contribution in [0.1, 0.15) is 20.7 Å². The Balaban J connectivity index is 0.989. The average Bonchev–Trinajstić information content (AvgIpc) is 3.18. The summed E-state index contributed by atoms with van der Waals surface area (Å²) in [4.78, 5) is 36.8. The van der Waals surface area contributed by atoms with E-state index in [4.69, 9.17) is 9.97 Å². The summed E-state index contributed by atoms with van der Waals surface area (Å²) in [5.74, 6) is -0.405. The first kappa shape index (κ1) is 30.4. The van der Waals surface area contributed by atoms with Gasteiger partial charge in [0, 0.05) is 33.3 Å². The van der Waals surface area contributed by atoms with Crippen molar-refractivity contribution in [3.63, 3.8) is 0 Å². The highest BCUT2D eigenvalue weighted by Gasteiger charge is 2.16. The van der Waals surface area contributed by atoms with Gasteiger partial charge in [0.05, 0.1) is 33.5 Å². The minimum Gasteiger partial charge on any atom is -0.322 e. The standard InChI is InChI=1S/C44H30N4O2/c49-43(37-27-41(31-11-3-1-4-12-31)47-39-17-9-7-15-35(37)39)45-33-23-19-29(20-24-33)30-21-25-34(26-22-30)46-44(50)38-28-42(32-13-5-2-6-14-32)48-40-18-10-8-16-36(38)40/h1-28H,(H,45,49)(H,46,50). The van der Waals surface area contributed by atoms with E-state index in [1.54, 1.807) is 0 Å². The van der Waals surface area contributed by atoms with Crippen LogP contribution >= 0.6 is 0 Å². The molecule has 0 aliphatic carbocycles. The van der Waals surface area contributed by atoms with Gasteiger partial charge in [0.25, 0.3) is 11.8 Å². The van der Waals surface area contributed by atoms with Gasteiger partial charge >= 0.3 is 0 Å². The Kier molecular flexibility index (Phi) is 8.09. The van der Waals surface area contributed by atoms with E-state index >= 15 is 0 Å². The molecule has 0 atom stereocenters. The Hall–Kier alpha value is -6.92. The largest absolute Gasteiger partial charge is 0.322 e. The molecule has 0 fully saturated rings. The number of nitrogens with zero attached hydrogens (tertiary/aromatic N) is 2. The number of rotatable bonds is 7. The number of hydrogen-bond donors (Lipinski definition) is 2. The molecule has 2 amide bonds. The number of benzene rings is 6. The van der Waals surface area contributed by atoms with Crippen molar-refractivity contribution in [1.29, 1.82) is 0 Å². The molecule has 0 radical (unpaired) electrons. The maximum atomic E-state index is 13.6. The van der Waals surface area contributed by atoms with Gasteiger partial charge in [0.1, 0.15) is 0 Å². The summed E-state index contributed by atoms with van der Waals surface area (Å²) in [6.07, 6.45) is 0. The van der Waals surface area contributed by atoms with Gasteiger partial charge in [-0.25, -0.2) is 9.97 Å². The van der Waals surface area contributed by atoms with Crippen LogP contribution in [0.15, 0.2) is 170 Å². The monoisotopic (exact) mass is 646 g/mol. The van der Waals surface area contributed by atoms with E-state index in [2.05, 4.69) is 10.6 Å². The van der Waals surface area contributed by atoms with Crippen molar-refractivity contribution in [2.24, 2.45) is 0 Å². The van der Waals surface area contributed by atoms with Crippen molar-refractivity contribution in [1.82, 2.24) is 9.97 Å². The molecule has 8 rings (SSSR count). The van der Waals surface area contributed by atoms with Crippen molar-refractivity contribution in [3.8, 4) is 33.6 Å². The molecule has 50 heavy (non-hydrogen) atoms. The highest BCUT2D eigenvalue weighted by Crippen LogP contribution is 2.29. The quantitative estimate of drug-likeness (QED) is 0.180. The van der Waals surface area contributed by atoms with Gasteiger partial charge in [-0.1, -0.05) is 121 Å². The van der Waals surface area contributed by atoms with Crippen LogP contribution in [0.3, 0.4) is 0 Å². The molecule has 6 heteroatoms. The van der Waals surface area contributed by atoms with Crippen molar-refractivity contribution >= 4 is 45.0 Å². The summed E-state index contributed by atoms with van der Waals surface area (Å²) < 4.78 is 0. The van der Waals surface area contributed by atoms with Gasteiger partial charge in [-0.15, -0.1) is 0 Å². The number of aromatic nitrogens is 2. The molecule has 2 N–H and O–H groups in total. The second-order valence-corrected chi connectivity index (χ2v) is 11.9. The van der Waals surface area contributed by atoms with E-state index < -0.39 is 0 Å². The van der Waals surface area contributed by atoms with E-state index in [1.165, 1.54) is 0 Å². The molecule has 0 unspecified atom stereocenters. The predicted octanol–water partition coefficient (Wildman–Crippen LogP) is 10.3. The maximum Gasteiger partial charge on any atom is 0.256 e. The number of hydrogen-bond acceptors (Lipinski definition) is 4. The highest BCUT2D eigenvalue weighted by molar-refractivity contribution is 6.14. The number of anilines is 2. The fraction of sp³-hybridized carbons (Fsp3) is 0. The van der Waals surface area contributed by atoms with Crippen LogP contribution in [-0.2, 0) is 0 Å². The third kappa shape index (κ3) is 6.21. The second kappa shape index (κ2) is 13.3. The lowest BCUT2D eigenvalue weighted by molar-refractivity contribution is 0.102. The van der Waals surface area contributed by atoms with Crippen LogP contribution in [-0.4, -0.2) is 21.8 Å². The fourth-order valence-corrected chi connectivity index (χ4v) is 6.13. The number of pyridine rings is 2. The zero-order valence-electron chi connectivity index (χ0n) is 26.9. The van der Waals surface area contributed by atoms with Crippen molar-refractivity contribution in [3.05, 3.63) is 181 Å². The van der Waals surface area contributed by atoms with Crippen LogP contribution < -0.4 is 10.6 Å². The summed E-state index contributed by atoms with van der Waals surface area (Å²) in [6, 6.07) is 54.2. The van der Waals surface area contributed by atoms with E-state index in [0.717, 1.165) is 55.4 Å². The molecule has 0 aliphatic heterocycles. The third-order valence-electron chi connectivity index (χ3n) is 8.68. The lowest BCUT2D eigenvalue weighted by Crippen LogP contribution is -2.13. The summed E-state index contributed by atoms with van der Waals surface area (Å²) in [6.45, 7) is 0. The molecule has 0 spiro atoms. The molecule has 8 aromatic rings. The molecule has 0 bridgehead atoms. The van der Waals surface area contributed by atoms with Crippen molar-refractivity contribution in [2.45, 2.75) is 0 Å². The van der Waals surface area contributed by atoms with Crippen molar-refractivity contribution < 1.29 is 9.59 Å². The first-order chi connectivity index (χ1) is 24.6. The van der Waals surface area contributed by atoms with Gasteiger partial charge in [0.2, 0.25) is 0 Å². The van der Waals surface area contributed by atoms with E-state index in [1.807, 2.05) is 170 Å². The van der Waals surface area contributed by atoms with Crippen LogP contribution in [0.5, 0.6) is 0 Å². The molecular weight excluding hydrogens is 617 g/mol. The minimum absolute atomic E-state index is 0.202. The Labute approximate surface area is 289 Å². The average molecular weight is 647 g/mol. The number of para-hydroxylation sites is 2. The van der Waals surface area contributed by atoms with E-state index in [0.29, 0.717) is 22.5 Å². The summed E-state index contributed by atoms with van der Waals surface area (Å²) in [5.41, 5.74) is 9.37. The van der Waals surface area contributed by atoms with Gasteiger partial charge < -0.3 is 10.6 Å². The lowest BCUT2D eigenvalue weighted by Gasteiger charge is -2.12. The number of fused-ring (bicyclic) bond motifs is 2. The van der Waals surface area contributed by atoms with E-state index in [9.17, 15) is 9.59 Å². The van der Waals surface area contributed by atoms with Gasteiger partial charge in [-0.3, -0.25) is 9.59 Å². The number of carbonyl (C=O) groups excluding carboxylic acids is 2. The molecule has 0 saturated carbocycles. The topological polar surface area (TPSA) is 84.0 Å². The normalized spacial score (nSPS) is 11.0. The predicted molar refractivity (Wildman–Crippen MR) is 202 cm³/mol. The lowest BCUT2D eigenvalue weighted by atomic mass is 10.0.